The summed E-state index contributed by atoms with van der Waals surface area (Å²) in [6.07, 6.45) is 0.0809. The first kappa shape index (κ1) is 15.2. The third-order valence-electron chi connectivity index (χ3n) is 2.29. The first-order valence-corrected chi connectivity index (χ1v) is 5.79. The Morgan fingerprint density at radius 2 is 1.71 bits per heavy atom. The molecule has 0 aliphatic rings. The highest BCUT2D eigenvalue weighted by molar-refractivity contribution is 5.71. The van der Waals surface area contributed by atoms with Gasteiger partial charge < -0.3 is 5.11 Å². The van der Waals surface area contributed by atoms with Crippen LogP contribution in [0.1, 0.15) is 43.0 Å². The van der Waals surface area contributed by atoms with Crippen LogP contribution in [-0.2, 0) is 11.2 Å². The molecule has 0 saturated carbocycles. The molecule has 17 heavy (non-hydrogen) atoms. The average molecular weight is 232 g/mol. The van der Waals surface area contributed by atoms with Crippen molar-refractivity contribution in [2.45, 2.75) is 41.0 Å². The summed E-state index contributed by atoms with van der Waals surface area (Å²) in [6, 6.07) is 3.86. The van der Waals surface area contributed by atoms with Crippen molar-refractivity contribution in [2.24, 2.45) is 0 Å². The van der Waals surface area contributed by atoms with Crippen molar-refractivity contribution in [1.29, 1.82) is 0 Å². The maximum atomic E-state index is 10.7. The van der Waals surface area contributed by atoms with Gasteiger partial charge in [-0.15, -0.1) is 5.92 Å². The molecule has 2 heteroatoms. The molecular weight excluding hydrogens is 212 g/mol. The summed E-state index contributed by atoms with van der Waals surface area (Å²) < 4.78 is 0. The highest BCUT2D eigenvalue weighted by Crippen LogP contribution is 2.16. The zero-order chi connectivity index (χ0) is 13.4. The van der Waals surface area contributed by atoms with E-state index in [1.165, 1.54) is 0 Å². The minimum absolute atomic E-state index is 0.0809. The molecule has 0 amide bonds. The first-order valence-electron chi connectivity index (χ1n) is 5.79. The third-order valence-corrected chi connectivity index (χ3v) is 2.29. The van der Waals surface area contributed by atoms with Gasteiger partial charge in [0.1, 0.15) is 0 Å². The first-order chi connectivity index (χ1) is 8.04. The van der Waals surface area contributed by atoms with Gasteiger partial charge in [-0.1, -0.05) is 19.8 Å². The van der Waals surface area contributed by atoms with E-state index in [2.05, 4.69) is 11.8 Å². The van der Waals surface area contributed by atoms with Crippen LogP contribution in [0.15, 0.2) is 12.1 Å². The van der Waals surface area contributed by atoms with Gasteiger partial charge in [-0.05, 0) is 49.6 Å². The Hall–Kier alpha value is -1.75. The maximum absolute atomic E-state index is 10.7. The molecule has 0 bridgehead atoms. The van der Waals surface area contributed by atoms with Gasteiger partial charge >= 0.3 is 5.97 Å². The largest absolute Gasteiger partial charge is 0.481 e. The van der Waals surface area contributed by atoms with Crippen molar-refractivity contribution in [1.82, 2.24) is 0 Å². The van der Waals surface area contributed by atoms with Crippen molar-refractivity contribution in [3.8, 4) is 11.8 Å². The Kier molecular flexibility index (Phi) is 6.74. The van der Waals surface area contributed by atoms with Gasteiger partial charge in [-0.2, -0.15) is 0 Å². The molecule has 0 radical (unpaired) electrons. The SMILES string of the molecule is CC.CC#Cc1cc(C)c(CC(=O)O)c(C)c1. The number of aryl methyl sites for hydroxylation is 2. The summed E-state index contributed by atoms with van der Waals surface area (Å²) in [6.45, 7) is 9.63. The lowest BCUT2D eigenvalue weighted by atomic mass is 9.97. The van der Waals surface area contributed by atoms with E-state index in [9.17, 15) is 4.79 Å². The van der Waals surface area contributed by atoms with E-state index in [1.807, 2.05) is 39.8 Å². The number of carboxylic acids is 1. The summed E-state index contributed by atoms with van der Waals surface area (Å²) in [5.74, 6) is 5.01. The van der Waals surface area contributed by atoms with Gasteiger partial charge in [0.15, 0.2) is 0 Å². The standard InChI is InChI=1S/C13H14O2.C2H6/c1-4-5-11-6-9(2)12(8-13(14)15)10(3)7-11;1-2/h6-7H,8H2,1-3H3,(H,14,15);1-2H3. The molecule has 92 valence electrons. The van der Waals surface area contributed by atoms with Crippen LogP contribution in [0, 0.1) is 25.7 Å². The Morgan fingerprint density at radius 1 is 1.24 bits per heavy atom. The summed E-state index contributed by atoms with van der Waals surface area (Å²) in [5, 5.41) is 8.76. The lowest BCUT2D eigenvalue weighted by Crippen LogP contribution is -2.04. The number of benzene rings is 1. The Labute approximate surface area is 104 Å². The molecule has 1 N–H and O–H groups in total. The van der Waals surface area contributed by atoms with Crippen molar-refractivity contribution < 1.29 is 9.90 Å². The van der Waals surface area contributed by atoms with E-state index in [1.54, 1.807) is 6.92 Å². The molecule has 0 atom stereocenters. The second-order valence-electron chi connectivity index (χ2n) is 3.53. The van der Waals surface area contributed by atoms with Gasteiger partial charge in [0.25, 0.3) is 0 Å². The third kappa shape index (κ3) is 4.74. The second kappa shape index (κ2) is 7.51. The van der Waals surface area contributed by atoms with E-state index in [-0.39, 0.29) is 6.42 Å². The van der Waals surface area contributed by atoms with Crippen molar-refractivity contribution in [3.05, 3.63) is 34.4 Å². The number of rotatable bonds is 2. The number of aliphatic carboxylic acids is 1. The van der Waals surface area contributed by atoms with Crippen LogP contribution in [0.4, 0.5) is 0 Å². The predicted molar refractivity (Wildman–Crippen MR) is 71.2 cm³/mol. The van der Waals surface area contributed by atoms with Crippen LogP contribution in [0.3, 0.4) is 0 Å². The summed E-state index contributed by atoms with van der Waals surface area (Å²) in [7, 11) is 0. The Balaban J connectivity index is 0.00000121. The quantitative estimate of drug-likeness (QED) is 0.794. The van der Waals surface area contributed by atoms with E-state index in [0.717, 1.165) is 22.3 Å². The molecule has 1 aromatic rings. The molecule has 2 nitrogen and oxygen atoms in total. The molecule has 0 aliphatic heterocycles. The van der Waals surface area contributed by atoms with Gasteiger partial charge in [0.05, 0.1) is 6.42 Å². The lowest BCUT2D eigenvalue weighted by Gasteiger charge is -2.08. The zero-order valence-corrected chi connectivity index (χ0v) is 11.2. The minimum atomic E-state index is -0.796. The minimum Gasteiger partial charge on any atom is -0.481 e. The van der Waals surface area contributed by atoms with Crippen LogP contribution in [0.25, 0.3) is 0 Å². The number of carbonyl (C=O) groups is 1. The smallest absolute Gasteiger partial charge is 0.307 e. The van der Waals surface area contributed by atoms with Crippen LogP contribution >= 0.6 is 0 Å². The fraction of sp³-hybridized carbons (Fsp3) is 0.400. The Morgan fingerprint density at radius 3 is 2.06 bits per heavy atom. The molecule has 0 saturated heterocycles. The average Bonchev–Trinajstić information content (AvgIpc) is 2.26. The number of hydrogen-bond acceptors (Lipinski definition) is 1. The highest BCUT2D eigenvalue weighted by Gasteiger charge is 2.08. The van der Waals surface area contributed by atoms with Crippen molar-refractivity contribution in [3.63, 3.8) is 0 Å². The molecule has 0 unspecified atom stereocenters. The van der Waals surface area contributed by atoms with Crippen LogP contribution in [0.5, 0.6) is 0 Å². The Bertz CT molecular complexity index is 425. The number of hydrogen-bond donors (Lipinski definition) is 1. The van der Waals surface area contributed by atoms with Crippen molar-refractivity contribution >= 4 is 5.97 Å². The van der Waals surface area contributed by atoms with Crippen LogP contribution in [0.2, 0.25) is 0 Å². The summed E-state index contributed by atoms with van der Waals surface area (Å²) in [4.78, 5) is 10.7. The molecule has 0 aliphatic carbocycles. The molecule has 0 fully saturated rings. The van der Waals surface area contributed by atoms with Crippen LogP contribution in [-0.4, -0.2) is 11.1 Å². The van der Waals surface area contributed by atoms with Gasteiger partial charge in [0, 0.05) is 5.56 Å². The van der Waals surface area contributed by atoms with Crippen LogP contribution < -0.4 is 0 Å². The van der Waals surface area contributed by atoms with E-state index in [0.29, 0.717) is 0 Å². The predicted octanol–water partition coefficient (Wildman–Crippen LogP) is 3.33. The number of carboxylic acid groups (broad SMARTS) is 1. The lowest BCUT2D eigenvalue weighted by molar-refractivity contribution is -0.136. The molecule has 0 heterocycles. The summed E-state index contributed by atoms with van der Waals surface area (Å²) in [5.41, 5.74) is 3.83. The molecular formula is C15H20O2. The van der Waals surface area contributed by atoms with Gasteiger partial charge in [-0.25, -0.2) is 0 Å². The van der Waals surface area contributed by atoms with Gasteiger partial charge in [0.2, 0.25) is 0 Å². The summed E-state index contributed by atoms with van der Waals surface area (Å²) >= 11 is 0. The fourth-order valence-corrected chi connectivity index (χ4v) is 1.64. The second-order valence-corrected chi connectivity index (χ2v) is 3.53. The van der Waals surface area contributed by atoms with E-state index < -0.39 is 5.97 Å². The molecule has 1 rings (SSSR count). The molecule has 0 aromatic heterocycles. The van der Waals surface area contributed by atoms with E-state index >= 15 is 0 Å². The normalized spacial score (nSPS) is 8.53. The zero-order valence-electron chi connectivity index (χ0n) is 11.2. The topological polar surface area (TPSA) is 37.3 Å². The maximum Gasteiger partial charge on any atom is 0.307 e. The van der Waals surface area contributed by atoms with E-state index in [4.69, 9.17) is 5.11 Å². The van der Waals surface area contributed by atoms with Crippen molar-refractivity contribution in [2.75, 3.05) is 0 Å². The monoisotopic (exact) mass is 232 g/mol. The molecule has 1 aromatic carbocycles. The fourth-order valence-electron chi connectivity index (χ4n) is 1.64. The molecule has 0 spiro atoms. The van der Waals surface area contributed by atoms with Gasteiger partial charge in [-0.3, -0.25) is 4.79 Å². The highest BCUT2D eigenvalue weighted by atomic mass is 16.4.